The molecule has 0 spiro atoms. The number of sulfone groups is 1. The van der Waals surface area contributed by atoms with Gasteiger partial charge in [-0.15, -0.1) is 5.10 Å². The molecule has 1 atom stereocenters. The third-order valence-corrected chi connectivity index (χ3v) is 7.75. The minimum absolute atomic E-state index is 0.133. The summed E-state index contributed by atoms with van der Waals surface area (Å²) in [6, 6.07) is 13.5. The standard InChI is InChI=1S/C24H31FN6O2S/c1-18(2)16-23(30-14-12-29(13-15-30)22-7-5-4-6-21(22)25)24-26-27-28-31(24)17-34(32,33)20-10-8-19(3)9-11-20/h4-11,18,23H,12-17H2,1-3H3. The molecule has 1 aliphatic heterocycles. The Kier molecular flexibility index (Phi) is 7.27. The maximum Gasteiger partial charge on any atom is 0.198 e. The number of nitrogens with zero attached hydrogens (tertiary/aromatic N) is 6. The molecule has 1 aromatic heterocycles. The highest BCUT2D eigenvalue weighted by molar-refractivity contribution is 7.90. The zero-order valence-corrected chi connectivity index (χ0v) is 20.6. The fourth-order valence-corrected chi connectivity index (χ4v) is 5.58. The number of hydrogen-bond acceptors (Lipinski definition) is 7. The first-order valence-corrected chi connectivity index (χ1v) is 13.2. The molecule has 0 amide bonds. The number of aryl methyl sites for hydroxylation is 1. The van der Waals surface area contributed by atoms with Gasteiger partial charge in [-0.05, 0) is 54.0 Å². The number of aromatic nitrogens is 4. The molecule has 0 N–H and O–H groups in total. The summed E-state index contributed by atoms with van der Waals surface area (Å²) in [5.74, 6) is 0.361. The smallest absolute Gasteiger partial charge is 0.198 e. The zero-order valence-electron chi connectivity index (χ0n) is 19.8. The highest BCUT2D eigenvalue weighted by Gasteiger charge is 2.31. The summed E-state index contributed by atoms with van der Waals surface area (Å²) in [4.78, 5) is 4.57. The summed E-state index contributed by atoms with van der Waals surface area (Å²) >= 11 is 0. The fourth-order valence-electron chi connectivity index (χ4n) is 4.37. The zero-order chi connectivity index (χ0) is 24.3. The van der Waals surface area contributed by atoms with Crippen LogP contribution < -0.4 is 4.90 Å². The quantitative estimate of drug-likeness (QED) is 0.482. The van der Waals surface area contributed by atoms with Gasteiger partial charge in [-0.3, -0.25) is 4.90 Å². The first-order chi connectivity index (χ1) is 16.2. The minimum atomic E-state index is -3.61. The molecule has 2 aromatic carbocycles. The van der Waals surface area contributed by atoms with E-state index in [9.17, 15) is 12.8 Å². The van der Waals surface area contributed by atoms with Crippen LogP contribution in [0, 0.1) is 18.7 Å². The van der Waals surface area contributed by atoms with E-state index in [0.717, 1.165) is 12.0 Å². The van der Waals surface area contributed by atoms with E-state index >= 15 is 0 Å². The third kappa shape index (κ3) is 5.44. The van der Waals surface area contributed by atoms with Crippen LogP contribution in [0.25, 0.3) is 0 Å². The first-order valence-electron chi connectivity index (χ1n) is 11.5. The second-order valence-electron chi connectivity index (χ2n) is 9.21. The topological polar surface area (TPSA) is 84.2 Å². The first kappa shape index (κ1) is 24.3. The van der Waals surface area contributed by atoms with Crippen LogP contribution in [-0.2, 0) is 15.7 Å². The highest BCUT2D eigenvalue weighted by atomic mass is 32.2. The Morgan fingerprint density at radius 2 is 1.68 bits per heavy atom. The van der Waals surface area contributed by atoms with Crippen molar-refractivity contribution in [2.45, 2.75) is 44.0 Å². The summed E-state index contributed by atoms with van der Waals surface area (Å²) in [5, 5.41) is 12.1. The molecule has 2 heterocycles. The number of tetrazole rings is 1. The number of rotatable bonds is 8. The predicted octanol–water partition coefficient (Wildman–Crippen LogP) is 3.46. The van der Waals surface area contributed by atoms with Crippen molar-refractivity contribution in [1.82, 2.24) is 25.1 Å². The van der Waals surface area contributed by atoms with E-state index in [4.69, 9.17) is 0 Å². The van der Waals surface area contributed by atoms with Gasteiger partial charge in [-0.25, -0.2) is 17.5 Å². The lowest BCUT2D eigenvalue weighted by Crippen LogP contribution is -2.48. The maximum absolute atomic E-state index is 14.3. The second-order valence-corrected chi connectivity index (χ2v) is 11.2. The largest absolute Gasteiger partial charge is 0.367 e. The van der Waals surface area contributed by atoms with Crippen molar-refractivity contribution in [2.75, 3.05) is 31.1 Å². The number of hydrogen-bond donors (Lipinski definition) is 0. The molecule has 8 nitrogen and oxygen atoms in total. The lowest BCUT2D eigenvalue weighted by molar-refractivity contribution is 0.153. The van der Waals surface area contributed by atoms with Crippen molar-refractivity contribution < 1.29 is 12.8 Å². The number of piperazine rings is 1. The van der Waals surface area contributed by atoms with E-state index < -0.39 is 9.84 Å². The molecule has 0 radical (unpaired) electrons. The molecule has 0 saturated carbocycles. The van der Waals surface area contributed by atoms with Crippen molar-refractivity contribution >= 4 is 15.5 Å². The fraction of sp³-hybridized carbons (Fsp3) is 0.458. The number of para-hydroxylation sites is 1. The molecular weight excluding hydrogens is 455 g/mol. The van der Waals surface area contributed by atoms with Gasteiger partial charge in [-0.2, -0.15) is 0 Å². The predicted molar refractivity (Wildman–Crippen MR) is 129 cm³/mol. The van der Waals surface area contributed by atoms with Gasteiger partial charge in [0.1, 0.15) is 5.82 Å². The highest BCUT2D eigenvalue weighted by Crippen LogP contribution is 2.29. The van der Waals surface area contributed by atoms with Gasteiger partial charge in [0.2, 0.25) is 0 Å². The van der Waals surface area contributed by atoms with E-state index in [1.165, 1.54) is 10.7 Å². The van der Waals surface area contributed by atoms with Crippen molar-refractivity contribution in [3.05, 3.63) is 65.7 Å². The summed E-state index contributed by atoms with van der Waals surface area (Å²) in [7, 11) is -3.61. The van der Waals surface area contributed by atoms with Gasteiger partial charge in [0.25, 0.3) is 0 Å². The average Bonchev–Trinajstić information content (AvgIpc) is 3.25. The van der Waals surface area contributed by atoms with Crippen molar-refractivity contribution in [2.24, 2.45) is 5.92 Å². The van der Waals surface area contributed by atoms with Crippen molar-refractivity contribution in [3.8, 4) is 0 Å². The monoisotopic (exact) mass is 486 g/mol. The van der Waals surface area contributed by atoms with E-state index in [-0.39, 0.29) is 22.6 Å². The summed E-state index contributed by atoms with van der Waals surface area (Å²) in [6.07, 6.45) is 0.782. The molecule has 0 bridgehead atoms. The molecule has 182 valence electrons. The Balaban J connectivity index is 1.54. The summed E-state index contributed by atoms with van der Waals surface area (Å²) < 4.78 is 41.8. The number of halogens is 1. The van der Waals surface area contributed by atoms with Crippen LogP contribution in [0.3, 0.4) is 0 Å². The molecule has 0 aliphatic carbocycles. The molecule has 10 heteroatoms. The molecule has 3 aromatic rings. The van der Waals surface area contributed by atoms with Crippen LogP contribution in [0.4, 0.5) is 10.1 Å². The molecular formula is C24H31FN6O2S. The van der Waals surface area contributed by atoms with Gasteiger partial charge >= 0.3 is 0 Å². The summed E-state index contributed by atoms with van der Waals surface area (Å²) in [6.45, 7) is 8.89. The van der Waals surface area contributed by atoms with Crippen LogP contribution in [-0.4, -0.2) is 59.7 Å². The van der Waals surface area contributed by atoms with Crippen LogP contribution in [0.1, 0.15) is 37.7 Å². The molecule has 4 rings (SSSR count). The van der Waals surface area contributed by atoms with Crippen LogP contribution in [0.15, 0.2) is 53.4 Å². The van der Waals surface area contributed by atoms with E-state index in [1.54, 1.807) is 36.4 Å². The third-order valence-electron chi connectivity index (χ3n) is 6.17. The Bertz CT molecular complexity index is 1200. The van der Waals surface area contributed by atoms with Crippen molar-refractivity contribution in [1.29, 1.82) is 0 Å². The second kappa shape index (κ2) is 10.2. The van der Waals surface area contributed by atoms with Crippen molar-refractivity contribution in [3.63, 3.8) is 0 Å². The van der Waals surface area contributed by atoms with Crippen LogP contribution >= 0.6 is 0 Å². The minimum Gasteiger partial charge on any atom is -0.367 e. The van der Waals surface area contributed by atoms with E-state index in [0.29, 0.717) is 43.6 Å². The molecule has 1 unspecified atom stereocenters. The van der Waals surface area contributed by atoms with Gasteiger partial charge < -0.3 is 4.90 Å². The van der Waals surface area contributed by atoms with Crippen LogP contribution in [0.5, 0.6) is 0 Å². The maximum atomic E-state index is 14.3. The number of benzene rings is 2. The Morgan fingerprint density at radius 1 is 1.00 bits per heavy atom. The van der Waals surface area contributed by atoms with Gasteiger partial charge in [0.15, 0.2) is 21.5 Å². The SMILES string of the molecule is Cc1ccc(S(=O)(=O)Cn2nnnc2C(CC(C)C)N2CCN(c3ccccc3F)CC2)cc1. The lowest BCUT2D eigenvalue weighted by atomic mass is 10.0. The van der Waals surface area contributed by atoms with Crippen LogP contribution in [0.2, 0.25) is 0 Å². The summed E-state index contributed by atoms with van der Waals surface area (Å²) in [5.41, 5.74) is 1.60. The Hall–Kier alpha value is -2.85. The molecule has 1 aliphatic rings. The normalized spacial score (nSPS) is 16.2. The molecule has 1 saturated heterocycles. The van der Waals surface area contributed by atoms with E-state index in [2.05, 4.69) is 34.3 Å². The molecule has 34 heavy (non-hydrogen) atoms. The number of anilines is 1. The lowest BCUT2D eigenvalue weighted by Gasteiger charge is -2.40. The van der Waals surface area contributed by atoms with Gasteiger partial charge in [0.05, 0.1) is 16.6 Å². The Morgan fingerprint density at radius 3 is 2.32 bits per heavy atom. The Labute approximate surface area is 200 Å². The molecule has 1 fully saturated rings. The van der Waals surface area contributed by atoms with E-state index in [1.807, 2.05) is 17.9 Å². The van der Waals surface area contributed by atoms with Gasteiger partial charge in [0, 0.05) is 26.2 Å². The van der Waals surface area contributed by atoms with Gasteiger partial charge in [-0.1, -0.05) is 43.7 Å². The average molecular weight is 487 g/mol.